The van der Waals surface area contributed by atoms with E-state index in [1.807, 2.05) is 36.1 Å². The Morgan fingerprint density at radius 3 is 2.83 bits per heavy atom. The van der Waals surface area contributed by atoms with Gasteiger partial charge >= 0.3 is 0 Å². The van der Waals surface area contributed by atoms with Crippen molar-refractivity contribution in [1.29, 1.82) is 0 Å². The van der Waals surface area contributed by atoms with Gasteiger partial charge in [0.1, 0.15) is 0 Å². The second-order valence-corrected chi connectivity index (χ2v) is 4.89. The largest absolute Gasteiger partial charge is 0.319 e. The molecule has 2 aromatic rings. The molecular weight excluding hydrogens is 246 g/mol. The van der Waals surface area contributed by atoms with Gasteiger partial charge in [0, 0.05) is 10.7 Å². The van der Waals surface area contributed by atoms with Crippen LogP contribution >= 0.6 is 11.6 Å². The molecular formula is C14H18ClN3. The summed E-state index contributed by atoms with van der Waals surface area (Å²) in [6.07, 6.45) is 2.93. The van der Waals surface area contributed by atoms with Gasteiger partial charge in [-0.2, -0.15) is 5.10 Å². The minimum absolute atomic E-state index is 0.738. The summed E-state index contributed by atoms with van der Waals surface area (Å²) < 4.78 is 1.96. The molecule has 0 fully saturated rings. The monoisotopic (exact) mass is 263 g/mol. The molecule has 0 saturated heterocycles. The zero-order chi connectivity index (χ0) is 13.1. The van der Waals surface area contributed by atoms with Crippen LogP contribution in [0.4, 0.5) is 0 Å². The molecule has 0 aliphatic carbocycles. The fraction of sp³-hybridized carbons (Fsp3) is 0.357. The summed E-state index contributed by atoms with van der Waals surface area (Å²) in [5.74, 6) is 0. The Balaban J connectivity index is 2.39. The lowest BCUT2D eigenvalue weighted by atomic mass is 10.1. The zero-order valence-corrected chi connectivity index (χ0v) is 11.8. The van der Waals surface area contributed by atoms with Crippen LogP contribution in [0.2, 0.25) is 5.02 Å². The van der Waals surface area contributed by atoms with Crippen molar-refractivity contribution in [3.05, 3.63) is 46.2 Å². The highest BCUT2D eigenvalue weighted by Gasteiger charge is 2.10. The second kappa shape index (κ2) is 5.55. The van der Waals surface area contributed by atoms with E-state index in [-0.39, 0.29) is 0 Å². The van der Waals surface area contributed by atoms with Crippen molar-refractivity contribution in [2.45, 2.75) is 20.3 Å². The van der Waals surface area contributed by atoms with Crippen LogP contribution in [0, 0.1) is 13.8 Å². The summed E-state index contributed by atoms with van der Waals surface area (Å²) in [7, 11) is 1.96. The Bertz CT molecular complexity index is 546. The van der Waals surface area contributed by atoms with E-state index in [4.69, 9.17) is 11.6 Å². The van der Waals surface area contributed by atoms with E-state index in [2.05, 4.69) is 24.3 Å². The summed E-state index contributed by atoms with van der Waals surface area (Å²) in [4.78, 5) is 0. The molecule has 4 heteroatoms. The fourth-order valence-electron chi connectivity index (χ4n) is 2.00. The molecule has 2 rings (SSSR count). The maximum atomic E-state index is 6.06. The van der Waals surface area contributed by atoms with E-state index in [0.717, 1.165) is 23.7 Å². The Morgan fingerprint density at radius 1 is 1.33 bits per heavy atom. The maximum absolute atomic E-state index is 6.06. The number of aromatic nitrogens is 2. The highest BCUT2D eigenvalue weighted by Crippen LogP contribution is 2.21. The standard InChI is InChI=1S/C14H18ClN3/c1-10-4-5-13(15)8-14(10)18-11(2)12(9-17-18)6-7-16-3/h4-5,8-9,16H,6-7H2,1-3H3. The molecule has 1 aromatic heterocycles. The third-order valence-electron chi connectivity index (χ3n) is 3.16. The van der Waals surface area contributed by atoms with E-state index in [1.165, 1.54) is 16.8 Å². The van der Waals surface area contributed by atoms with Crippen LogP contribution in [-0.4, -0.2) is 23.4 Å². The van der Waals surface area contributed by atoms with Crippen molar-refractivity contribution in [3.8, 4) is 5.69 Å². The Morgan fingerprint density at radius 2 is 2.11 bits per heavy atom. The minimum atomic E-state index is 0.738. The van der Waals surface area contributed by atoms with Crippen molar-refractivity contribution in [2.24, 2.45) is 0 Å². The van der Waals surface area contributed by atoms with Crippen molar-refractivity contribution in [2.75, 3.05) is 13.6 Å². The Labute approximate surface area is 113 Å². The summed E-state index contributed by atoms with van der Waals surface area (Å²) in [5, 5.41) is 8.36. The summed E-state index contributed by atoms with van der Waals surface area (Å²) in [6, 6.07) is 5.88. The molecule has 0 atom stereocenters. The molecule has 1 N–H and O–H groups in total. The lowest BCUT2D eigenvalue weighted by Gasteiger charge is -2.09. The van der Waals surface area contributed by atoms with Gasteiger partial charge in [-0.15, -0.1) is 0 Å². The van der Waals surface area contributed by atoms with Crippen molar-refractivity contribution < 1.29 is 0 Å². The van der Waals surface area contributed by atoms with Crippen LogP contribution in [0.25, 0.3) is 5.69 Å². The van der Waals surface area contributed by atoms with Gasteiger partial charge in [-0.1, -0.05) is 17.7 Å². The number of halogens is 1. The molecule has 96 valence electrons. The predicted molar refractivity (Wildman–Crippen MR) is 75.7 cm³/mol. The minimum Gasteiger partial charge on any atom is -0.319 e. The first-order valence-corrected chi connectivity index (χ1v) is 6.46. The van der Waals surface area contributed by atoms with Gasteiger partial charge in [-0.05, 0) is 57.1 Å². The number of hydrogen-bond acceptors (Lipinski definition) is 2. The third kappa shape index (κ3) is 2.57. The molecule has 0 aliphatic rings. The van der Waals surface area contributed by atoms with E-state index in [1.54, 1.807) is 0 Å². The number of nitrogens with one attached hydrogen (secondary N) is 1. The van der Waals surface area contributed by atoms with Gasteiger partial charge in [0.15, 0.2) is 0 Å². The number of rotatable bonds is 4. The van der Waals surface area contributed by atoms with Gasteiger partial charge in [0.25, 0.3) is 0 Å². The van der Waals surface area contributed by atoms with E-state index in [9.17, 15) is 0 Å². The van der Waals surface area contributed by atoms with Gasteiger partial charge < -0.3 is 5.32 Å². The molecule has 18 heavy (non-hydrogen) atoms. The van der Waals surface area contributed by atoms with E-state index in [0.29, 0.717) is 0 Å². The lowest BCUT2D eigenvalue weighted by molar-refractivity contribution is 0.784. The molecule has 0 spiro atoms. The predicted octanol–water partition coefficient (Wildman–Crippen LogP) is 2.90. The second-order valence-electron chi connectivity index (χ2n) is 4.45. The van der Waals surface area contributed by atoms with Crippen molar-refractivity contribution >= 4 is 11.6 Å². The van der Waals surface area contributed by atoms with Gasteiger partial charge in [-0.3, -0.25) is 0 Å². The number of hydrogen-bond donors (Lipinski definition) is 1. The molecule has 0 bridgehead atoms. The van der Waals surface area contributed by atoms with Crippen LogP contribution in [0.15, 0.2) is 24.4 Å². The molecule has 1 aromatic carbocycles. The van der Waals surface area contributed by atoms with Gasteiger partial charge in [0.2, 0.25) is 0 Å². The molecule has 1 heterocycles. The van der Waals surface area contributed by atoms with E-state index < -0.39 is 0 Å². The Kier molecular flexibility index (Phi) is 4.04. The Hall–Kier alpha value is -1.32. The summed E-state index contributed by atoms with van der Waals surface area (Å²) in [6.45, 7) is 5.12. The molecule has 3 nitrogen and oxygen atoms in total. The maximum Gasteiger partial charge on any atom is 0.0692 e. The first-order valence-electron chi connectivity index (χ1n) is 6.08. The van der Waals surface area contributed by atoms with Crippen LogP contribution < -0.4 is 5.32 Å². The molecule has 0 radical (unpaired) electrons. The van der Waals surface area contributed by atoms with Crippen LogP contribution in [0.5, 0.6) is 0 Å². The third-order valence-corrected chi connectivity index (χ3v) is 3.39. The van der Waals surface area contributed by atoms with Gasteiger partial charge in [-0.25, -0.2) is 4.68 Å². The molecule has 0 amide bonds. The first kappa shape index (κ1) is 13.1. The van der Waals surface area contributed by atoms with Gasteiger partial charge in [0.05, 0.1) is 11.9 Å². The first-order chi connectivity index (χ1) is 8.63. The molecule has 0 aliphatic heterocycles. The SMILES string of the molecule is CNCCc1cnn(-c2cc(Cl)ccc2C)c1C. The van der Waals surface area contributed by atoms with Crippen LogP contribution in [-0.2, 0) is 6.42 Å². The highest BCUT2D eigenvalue weighted by molar-refractivity contribution is 6.30. The zero-order valence-electron chi connectivity index (χ0n) is 11.0. The number of nitrogens with zero attached hydrogens (tertiary/aromatic N) is 2. The number of benzene rings is 1. The van der Waals surface area contributed by atoms with Crippen LogP contribution in [0.3, 0.4) is 0 Å². The molecule has 0 saturated carbocycles. The fourth-order valence-corrected chi connectivity index (χ4v) is 2.17. The van der Waals surface area contributed by atoms with Crippen molar-refractivity contribution in [3.63, 3.8) is 0 Å². The topological polar surface area (TPSA) is 29.9 Å². The number of aryl methyl sites for hydroxylation is 1. The lowest BCUT2D eigenvalue weighted by Crippen LogP contribution is -2.11. The normalized spacial score (nSPS) is 10.9. The van der Waals surface area contributed by atoms with Crippen molar-refractivity contribution in [1.82, 2.24) is 15.1 Å². The smallest absolute Gasteiger partial charge is 0.0692 e. The molecule has 0 unspecified atom stereocenters. The highest BCUT2D eigenvalue weighted by atomic mass is 35.5. The van der Waals surface area contributed by atoms with Crippen LogP contribution in [0.1, 0.15) is 16.8 Å². The average molecular weight is 264 g/mol. The summed E-state index contributed by atoms with van der Waals surface area (Å²) >= 11 is 6.06. The summed E-state index contributed by atoms with van der Waals surface area (Å²) in [5.41, 5.74) is 4.67. The average Bonchev–Trinajstić information content (AvgIpc) is 2.71. The quantitative estimate of drug-likeness (QED) is 0.919. The number of likely N-dealkylation sites (N-methyl/N-ethyl adjacent to an activating group) is 1. The van der Waals surface area contributed by atoms with E-state index >= 15 is 0 Å².